The third kappa shape index (κ3) is 4.74. The molecule has 0 aliphatic heterocycles. The van der Waals surface area contributed by atoms with E-state index >= 15 is 0 Å². The average molecular weight is 233 g/mol. The standard InChI is InChI=1S/C9H15NO6/c1-3-15-8(13)7(9(14)16-4-2)10-6(12)5-11/h7,11H,3-5H2,1-2H3,(H,10,12). The minimum Gasteiger partial charge on any atom is -0.464 e. The van der Waals surface area contributed by atoms with Crippen LogP contribution in [0.4, 0.5) is 0 Å². The fraction of sp³-hybridized carbons (Fsp3) is 0.667. The van der Waals surface area contributed by atoms with Crippen molar-refractivity contribution < 1.29 is 29.0 Å². The molecule has 0 atom stereocenters. The van der Waals surface area contributed by atoms with Gasteiger partial charge in [0.1, 0.15) is 6.61 Å². The first-order chi connectivity index (χ1) is 7.56. The van der Waals surface area contributed by atoms with Gasteiger partial charge in [-0.15, -0.1) is 0 Å². The predicted octanol–water partition coefficient (Wildman–Crippen LogP) is -1.41. The normalized spacial score (nSPS) is 9.75. The Balaban J connectivity index is 4.55. The Morgan fingerprint density at radius 3 is 1.88 bits per heavy atom. The first kappa shape index (κ1) is 14.4. The molecule has 2 N–H and O–H groups in total. The Morgan fingerprint density at radius 2 is 1.56 bits per heavy atom. The number of hydrogen-bond donors (Lipinski definition) is 2. The van der Waals surface area contributed by atoms with Crippen LogP contribution in [-0.2, 0) is 23.9 Å². The number of aliphatic hydroxyl groups is 1. The minimum absolute atomic E-state index is 0.0731. The molecular weight excluding hydrogens is 218 g/mol. The Kier molecular flexibility index (Phi) is 6.86. The molecule has 0 aliphatic carbocycles. The van der Waals surface area contributed by atoms with E-state index in [0.29, 0.717) is 0 Å². The van der Waals surface area contributed by atoms with E-state index in [1.165, 1.54) is 0 Å². The van der Waals surface area contributed by atoms with Gasteiger partial charge in [-0.05, 0) is 13.8 Å². The summed E-state index contributed by atoms with van der Waals surface area (Å²) >= 11 is 0. The quantitative estimate of drug-likeness (QED) is 0.431. The first-order valence-electron chi connectivity index (χ1n) is 4.80. The van der Waals surface area contributed by atoms with E-state index in [-0.39, 0.29) is 13.2 Å². The lowest BCUT2D eigenvalue weighted by atomic mass is 10.3. The molecule has 92 valence electrons. The number of rotatable bonds is 6. The molecule has 0 aliphatic rings. The molecule has 0 rings (SSSR count). The molecule has 0 radical (unpaired) electrons. The van der Waals surface area contributed by atoms with Gasteiger partial charge in [0.05, 0.1) is 13.2 Å². The maximum Gasteiger partial charge on any atom is 0.340 e. The second-order valence-electron chi connectivity index (χ2n) is 2.66. The molecule has 16 heavy (non-hydrogen) atoms. The molecule has 7 heteroatoms. The van der Waals surface area contributed by atoms with Crippen molar-refractivity contribution in [3.05, 3.63) is 0 Å². The molecule has 0 saturated carbocycles. The highest BCUT2D eigenvalue weighted by atomic mass is 16.6. The lowest BCUT2D eigenvalue weighted by Gasteiger charge is -2.14. The number of esters is 2. The van der Waals surface area contributed by atoms with Crippen LogP contribution in [0.1, 0.15) is 13.8 Å². The Bertz CT molecular complexity index is 247. The molecule has 0 bridgehead atoms. The molecule has 0 aromatic carbocycles. The van der Waals surface area contributed by atoms with Crippen molar-refractivity contribution in [1.82, 2.24) is 5.32 Å². The van der Waals surface area contributed by atoms with Crippen molar-refractivity contribution in [1.29, 1.82) is 0 Å². The highest BCUT2D eigenvalue weighted by molar-refractivity contribution is 6.02. The summed E-state index contributed by atoms with van der Waals surface area (Å²) in [5, 5.41) is 10.5. The van der Waals surface area contributed by atoms with E-state index in [1.807, 2.05) is 5.32 Å². The Hall–Kier alpha value is -1.63. The van der Waals surface area contributed by atoms with Crippen molar-refractivity contribution in [2.75, 3.05) is 19.8 Å². The van der Waals surface area contributed by atoms with Gasteiger partial charge >= 0.3 is 11.9 Å². The molecular formula is C9H15NO6. The molecule has 1 amide bonds. The van der Waals surface area contributed by atoms with Crippen molar-refractivity contribution in [2.24, 2.45) is 0 Å². The number of ether oxygens (including phenoxy) is 2. The van der Waals surface area contributed by atoms with Gasteiger partial charge in [0.25, 0.3) is 0 Å². The molecule has 0 aromatic rings. The van der Waals surface area contributed by atoms with Crippen LogP contribution >= 0.6 is 0 Å². The maximum atomic E-state index is 11.3. The molecule has 0 fully saturated rings. The second kappa shape index (κ2) is 7.63. The second-order valence-corrected chi connectivity index (χ2v) is 2.66. The highest BCUT2D eigenvalue weighted by Gasteiger charge is 2.30. The van der Waals surface area contributed by atoms with Crippen LogP contribution in [0.3, 0.4) is 0 Å². The van der Waals surface area contributed by atoms with Gasteiger partial charge in [-0.3, -0.25) is 4.79 Å². The Labute approximate surface area is 92.7 Å². The number of nitrogens with one attached hydrogen (secondary N) is 1. The SMILES string of the molecule is CCOC(=O)C(NC(=O)CO)C(=O)OCC. The van der Waals surface area contributed by atoms with Crippen LogP contribution in [0.25, 0.3) is 0 Å². The fourth-order valence-corrected chi connectivity index (χ4v) is 0.872. The van der Waals surface area contributed by atoms with Crippen molar-refractivity contribution in [3.8, 4) is 0 Å². The molecule has 0 heterocycles. The van der Waals surface area contributed by atoms with Crippen LogP contribution in [0.15, 0.2) is 0 Å². The number of carbonyl (C=O) groups excluding carboxylic acids is 3. The summed E-state index contributed by atoms with van der Waals surface area (Å²) in [6.45, 7) is 2.45. The molecule has 0 saturated heterocycles. The van der Waals surface area contributed by atoms with E-state index in [2.05, 4.69) is 9.47 Å². The fourth-order valence-electron chi connectivity index (χ4n) is 0.872. The summed E-state index contributed by atoms with van der Waals surface area (Å²) in [5.41, 5.74) is 0. The van der Waals surface area contributed by atoms with Gasteiger partial charge in [0.15, 0.2) is 0 Å². The van der Waals surface area contributed by atoms with Gasteiger partial charge in [-0.25, -0.2) is 9.59 Å². The van der Waals surface area contributed by atoms with Gasteiger partial charge in [-0.2, -0.15) is 0 Å². The van der Waals surface area contributed by atoms with E-state index in [4.69, 9.17) is 5.11 Å². The van der Waals surface area contributed by atoms with Gasteiger partial charge in [0.2, 0.25) is 11.9 Å². The third-order valence-corrected chi connectivity index (χ3v) is 1.49. The van der Waals surface area contributed by atoms with Gasteiger partial charge in [-0.1, -0.05) is 0 Å². The minimum atomic E-state index is -1.53. The summed E-state index contributed by atoms with van der Waals surface area (Å²) in [4.78, 5) is 33.4. The van der Waals surface area contributed by atoms with Gasteiger partial charge < -0.3 is 19.9 Å². The number of carbonyl (C=O) groups is 3. The van der Waals surface area contributed by atoms with Crippen molar-refractivity contribution >= 4 is 17.8 Å². The zero-order chi connectivity index (χ0) is 12.6. The molecule has 0 unspecified atom stereocenters. The maximum absolute atomic E-state index is 11.3. The summed E-state index contributed by atoms with van der Waals surface area (Å²) < 4.78 is 9.16. The van der Waals surface area contributed by atoms with E-state index < -0.39 is 30.5 Å². The first-order valence-corrected chi connectivity index (χ1v) is 4.80. The Morgan fingerprint density at radius 1 is 1.12 bits per heavy atom. The lowest BCUT2D eigenvalue weighted by molar-refractivity contribution is -0.159. The van der Waals surface area contributed by atoms with E-state index in [9.17, 15) is 14.4 Å². The zero-order valence-electron chi connectivity index (χ0n) is 9.19. The third-order valence-electron chi connectivity index (χ3n) is 1.49. The van der Waals surface area contributed by atoms with Crippen LogP contribution < -0.4 is 5.32 Å². The summed E-state index contributed by atoms with van der Waals surface area (Å²) in [6, 6.07) is -1.53. The van der Waals surface area contributed by atoms with Crippen molar-refractivity contribution in [3.63, 3.8) is 0 Å². The number of aliphatic hydroxyl groups excluding tert-OH is 1. The number of hydrogen-bond acceptors (Lipinski definition) is 6. The highest BCUT2D eigenvalue weighted by Crippen LogP contribution is 1.94. The largest absolute Gasteiger partial charge is 0.464 e. The van der Waals surface area contributed by atoms with Gasteiger partial charge in [0, 0.05) is 0 Å². The topological polar surface area (TPSA) is 102 Å². The molecule has 7 nitrogen and oxygen atoms in total. The summed E-state index contributed by atoms with van der Waals surface area (Å²) in [5.74, 6) is -2.68. The van der Waals surface area contributed by atoms with Crippen LogP contribution in [0.2, 0.25) is 0 Å². The summed E-state index contributed by atoms with van der Waals surface area (Å²) in [6.07, 6.45) is 0. The van der Waals surface area contributed by atoms with Crippen LogP contribution in [-0.4, -0.2) is 48.8 Å². The zero-order valence-corrected chi connectivity index (χ0v) is 9.19. The lowest BCUT2D eigenvalue weighted by Crippen LogP contribution is -2.49. The number of amides is 1. The predicted molar refractivity (Wildman–Crippen MR) is 52.3 cm³/mol. The molecule has 0 aromatic heterocycles. The van der Waals surface area contributed by atoms with E-state index in [0.717, 1.165) is 0 Å². The monoisotopic (exact) mass is 233 g/mol. The average Bonchev–Trinajstić information content (AvgIpc) is 2.25. The van der Waals surface area contributed by atoms with Crippen molar-refractivity contribution in [2.45, 2.75) is 19.9 Å². The van der Waals surface area contributed by atoms with E-state index in [1.54, 1.807) is 13.8 Å². The summed E-state index contributed by atoms with van der Waals surface area (Å²) in [7, 11) is 0. The van der Waals surface area contributed by atoms with Crippen LogP contribution in [0, 0.1) is 0 Å². The molecule has 0 spiro atoms. The van der Waals surface area contributed by atoms with Crippen LogP contribution in [0.5, 0.6) is 0 Å². The smallest absolute Gasteiger partial charge is 0.340 e.